The Morgan fingerprint density at radius 2 is 1.84 bits per heavy atom. The summed E-state index contributed by atoms with van der Waals surface area (Å²) in [6.45, 7) is 1.87. The molecule has 1 aromatic heterocycles. The second-order valence-electron chi connectivity index (χ2n) is 4.30. The monoisotopic (exact) mass is 256 g/mol. The summed E-state index contributed by atoms with van der Waals surface area (Å²) in [4.78, 5) is 15.9. The summed E-state index contributed by atoms with van der Waals surface area (Å²) in [7, 11) is 0. The summed E-state index contributed by atoms with van der Waals surface area (Å²) in [5.74, 6) is -0.449. The number of hydrogen-bond donors (Lipinski definition) is 2. The van der Waals surface area contributed by atoms with Crippen molar-refractivity contribution in [2.45, 2.75) is 19.1 Å². The predicted octanol–water partition coefficient (Wildman–Crippen LogP) is 1.99. The zero-order chi connectivity index (χ0) is 13.7. The fourth-order valence-corrected chi connectivity index (χ4v) is 1.79. The van der Waals surface area contributed by atoms with Crippen LogP contribution in [0.3, 0.4) is 0 Å². The van der Waals surface area contributed by atoms with Gasteiger partial charge in [-0.1, -0.05) is 36.4 Å². The molecule has 0 fully saturated rings. The molecule has 4 heteroatoms. The summed E-state index contributed by atoms with van der Waals surface area (Å²) in [6.07, 6.45) is 0.305. The molecule has 98 valence electrons. The Balaban J connectivity index is 2.02. The third-order valence-corrected chi connectivity index (χ3v) is 2.87. The summed E-state index contributed by atoms with van der Waals surface area (Å²) in [5, 5.41) is 12.7. The van der Waals surface area contributed by atoms with Crippen molar-refractivity contribution < 1.29 is 9.90 Å². The van der Waals surface area contributed by atoms with E-state index in [1.54, 1.807) is 24.4 Å². The van der Waals surface area contributed by atoms with Crippen molar-refractivity contribution in [2.24, 2.45) is 0 Å². The maximum Gasteiger partial charge on any atom is 0.255 e. The van der Waals surface area contributed by atoms with Crippen LogP contribution in [-0.4, -0.2) is 16.0 Å². The molecule has 1 aromatic carbocycles. The lowest BCUT2D eigenvalue weighted by Crippen LogP contribution is -2.31. The summed E-state index contributed by atoms with van der Waals surface area (Å²) in [6, 6.07) is 14.5. The first-order chi connectivity index (χ1) is 9.18. The number of aliphatic hydroxyl groups excluding tert-OH is 1. The molecule has 0 aliphatic heterocycles. The SMILES string of the molecule is C[C@H](NC(=O)C(O)c1ccccn1)c1ccccc1. The van der Waals surface area contributed by atoms with E-state index in [2.05, 4.69) is 10.3 Å². The van der Waals surface area contributed by atoms with Gasteiger partial charge in [-0.2, -0.15) is 0 Å². The highest BCUT2D eigenvalue weighted by molar-refractivity contribution is 5.81. The molecule has 0 saturated heterocycles. The van der Waals surface area contributed by atoms with Gasteiger partial charge >= 0.3 is 0 Å². The molecule has 0 radical (unpaired) electrons. The van der Waals surface area contributed by atoms with E-state index >= 15 is 0 Å². The number of amides is 1. The number of carbonyl (C=O) groups excluding carboxylic acids is 1. The molecule has 1 heterocycles. The minimum atomic E-state index is -1.24. The van der Waals surface area contributed by atoms with Crippen molar-refractivity contribution >= 4 is 5.91 Å². The molecular formula is C15H16N2O2. The first kappa shape index (κ1) is 13.2. The van der Waals surface area contributed by atoms with E-state index < -0.39 is 12.0 Å². The molecule has 1 unspecified atom stereocenters. The van der Waals surface area contributed by atoms with E-state index in [9.17, 15) is 9.90 Å². The zero-order valence-electron chi connectivity index (χ0n) is 10.7. The Labute approximate surface area is 112 Å². The first-order valence-corrected chi connectivity index (χ1v) is 6.13. The van der Waals surface area contributed by atoms with Crippen LogP contribution < -0.4 is 5.32 Å². The largest absolute Gasteiger partial charge is 0.377 e. The van der Waals surface area contributed by atoms with E-state index in [0.717, 1.165) is 5.56 Å². The van der Waals surface area contributed by atoms with Gasteiger partial charge in [0.15, 0.2) is 6.10 Å². The maximum atomic E-state index is 11.9. The number of nitrogens with one attached hydrogen (secondary N) is 1. The maximum absolute atomic E-state index is 11.9. The molecule has 1 amide bonds. The molecule has 2 aromatic rings. The number of aliphatic hydroxyl groups is 1. The molecule has 2 atom stereocenters. The van der Waals surface area contributed by atoms with Crippen LogP contribution in [0.2, 0.25) is 0 Å². The minimum absolute atomic E-state index is 0.160. The molecule has 0 aliphatic rings. The lowest BCUT2D eigenvalue weighted by molar-refractivity contribution is -0.130. The highest BCUT2D eigenvalue weighted by Crippen LogP contribution is 2.14. The van der Waals surface area contributed by atoms with Crippen LogP contribution in [0.25, 0.3) is 0 Å². The van der Waals surface area contributed by atoms with Gasteiger partial charge in [-0.25, -0.2) is 0 Å². The summed E-state index contributed by atoms with van der Waals surface area (Å²) < 4.78 is 0. The van der Waals surface area contributed by atoms with Crippen LogP contribution in [0, 0.1) is 0 Å². The van der Waals surface area contributed by atoms with Gasteiger partial charge in [0.2, 0.25) is 0 Å². The lowest BCUT2D eigenvalue weighted by atomic mass is 10.1. The Bertz CT molecular complexity index is 528. The third-order valence-electron chi connectivity index (χ3n) is 2.87. The van der Waals surface area contributed by atoms with Crippen molar-refractivity contribution in [1.29, 1.82) is 0 Å². The zero-order valence-corrected chi connectivity index (χ0v) is 10.7. The molecular weight excluding hydrogens is 240 g/mol. The molecule has 19 heavy (non-hydrogen) atoms. The van der Waals surface area contributed by atoms with Crippen molar-refractivity contribution in [1.82, 2.24) is 10.3 Å². The van der Waals surface area contributed by atoms with Crippen molar-refractivity contribution in [3.63, 3.8) is 0 Å². The molecule has 0 aliphatic carbocycles. The number of benzene rings is 1. The van der Waals surface area contributed by atoms with Gasteiger partial charge in [-0.05, 0) is 24.6 Å². The quantitative estimate of drug-likeness (QED) is 0.879. The van der Waals surface area contributed by atoms with Gasteiger partial charge in [-0.3, -0.25) is 9.78 Å². The van der Waals surface area contributed by atoms with Crippen molar-refractivity contribution in [3.05, 3.63) is 66.0 Å². The Morgan fingerprint density at radius 1 is 1.16 bits per heavy atom. The standard InChI is InChI=1S/C15H16N2O2/c1-11(12-7-3-2-4-8-12)17-15(19)14(18)13-9-5-6-10-16-13/h2-11,14,18H,1H3,(H,17,19)/t11-,14?/m0/s1. The molecule has 0 saturated carbocycles. The van der Waals surface area contributed by atoms with E-state index in [-0.39, 0.29) is 6.04 Å². The van der Waals surface area contributed by atoms with Crippen LogP contribution in [0.1, 0.15) is 30.3 Å². The highest BCUT2D eigenvalue weighted by Gasteiger charge is 2.20. The average molecular weight is 256 g/mol. The van der Waals surface area contributed by atoms with Crippen LogP contribution >= 0.6 is 0 Å². The second-order valence-corrected chi connectivity index (χ2v) is 4.30. The second kappa shape index (κ2) is 6.11. The number of aromatic nitrogens is 1. The predicted molar refractivity (Wildman–Crippen MR) is 72.2 cm³/mol. The van der Waals surface area contributed by atoms with E-state index in [1.807, 2.05) is 37.3 Å². The number of carbonyl (C=O) groups is 1. The highest BCUT2D eigenvalue weighted by atomic mass is 16.3. The van der Waals surface area contributed by atoms with Crippen LogP contribution in [0.15, 0.2) is 54.7 Å². The number of hydrogen-bond acceptors (Lipinski definition) is 3. The van der Waals surface area contributed by atoms with E-state index in [0.29, 0.717) is 5.69 Å². The van der Waals surface area contributed by atoms with Crippen LogP contribution in [-0.2, 0) is 4.79 Å². The fraction of sp³-hybridized carbons (Fsp3) is 0.200. The molecule has 2 N–H and O–H groups in total. The van der Waals surface area contributed by atoms with Crippen LogP contribution in [0.4, 0.5) is 0 Å². The van der Waals surface area contributed by atoms with E-state index in [1.165, 1.54) is 0 Å². The Hall–Kier alpha value is -2.20. The van der Waals surface area contributed by atoms with Gasteiger partial charge < -0.3 is 10.4 Å². The smallest absolute Gasteiger partial charge is 0.255 e. The average Bonchev–Trinajstić information content (AvgIpc) is 2.48. The Kier molecular flexibility index (Phi) is 4.26. The van der Waals surface area contributed by atoms with E-state index in [4.69, 9.17) is 0 Å². The molecule has 4 nitrogen and oxygen atoms in total. The number of nitrogens with zero attached hydrogens (tertiary/aromatic N) is 1. The third kappa shape index (κ3) is 3.39. The van der Waals surface area contributed by atoms with Gasteiger partial charge in [0.05, 0.1) is 11.7 Å². The first-order valence-electron chi connectivity index (χ1n) is 6.13. The lowest BCUT2D eigenvalue weighted by Gasteiger charge is -2.17. The number of rotatable bonds is 4. The minimum Gasteiger partial charge on any atom is -0.377 e. The Morgan fingerprint density at radius 3 is 2.47 bits per heavy atom. The topological polar surface area (TPSA) is 62.2 Å². The van der Waals surface area contributed by atoms with Crippen molar-refractivity contribution in [3.8, 4) is 0 Å². The molecule has 0 bridgehead atoms. The number of pyridine rings is 1. The van der Waals surface area contributed by atoms with Crippen LogP contribution in [0.5, 0.6) is 0 Å². The van der Waals surface area contributed by atoms with Gasteiger partial charge in [0, 0.05) is 6.20 Å². The van der Waals surface area contributed by atoms with Gasteiger partial charge in [0.25, 0.3) is 5.91 Å². The molecule has 0 spiro atoms. The molecule has 2 rings (SSSR count). The normalized spacial score (nSPS) is 13.6. The van der Waals surface area contributed by atoms with Gasteiger partial charge in [-0.15, -0.1) is 0 Å². The summed E-state index contributed by atoms with van der Waals surface area (Å²) >= 11 is 0. The summed E-state index contributed by atoms with van der Waals surface area (Å²) in [5.41, 5.74) is 1.34. The van der Waals surface area contributed by atoms with Crippen molar-refractivity contribution in [2.75, 3.05) is 0 Å². The fourth-order valence-electron chi connectivity index (χ4n) is 1.79. The van der Waals surface area contributed by atoms with Gasteiger partial charge in [0.1, 0.15) is 0 Å².